The average Bonchev–Trinajstić information content (AvgIpc) is 2.91. The van der Waals surface area contributed by atoms with E-state index in [1.807, 2.05) is 0 Å². The van der Waals surface area contributed by atoms with Gasteiger partial charge in [0.15, 0.2) is 12.1 Å². The van der Waals surface area contributed by atoms with Crippen LogP contribution in [0.4, 0.5) is 0 Å². The number of carbonyl (C=O) groups is 2. The van der Waals surface area contributed by atoms with E-state index in [9.17, 15) is 50.4 Å². The predicted octanol–water partition coefficient (Wildman–Crippen LogP) is -1.79. The number of aliphatic hydroxyl groups excluding tert-OH is 6. The first-order valence-corrected chi connectivity index (χ1v) is 12.8. The maximum Gasteiger partial charge on any atom is 0.229 e. The van der Waals surface area contributed by atoms with E-state index in [2.05, 4.69) is 0 Å². The Labute approximate surface area is 232 Å². The first-order chi connectivity index (χ1) is 19.3. The number of phenols is 2. The van der Waals surface area contributed by atoms with Crippen LogP contribution in [0.15, 0.2) is 24.3 Å². The fourth-order valence-corrected chi connectivity index (χ4v) is 5.31. The molecule has 3 aliphatic rings. The molecule has 0 aromatic heterocycles. The normalized spacial score (nSPS) is 35.1. The topological polar surface area (TPSA) is 233 Å². The van der Waals surface area contributed by atoms with Crippen molar-refractivity contribution >= 4 is 11.6 Å². The molecule has 2 saturated heterocycles. The van der Waals surface area contributed by atoms with E-state index >= 15 is 0 Å². The van der Waals surface area contributed by atoms with E-state index in [-0.39, 0.29) is 28.0 Å². The van der Waals surface area contributed by atoms with Crippen molar-refractivity contribution in [1.29, 1.82) is 0 Å². The Balaban J connectivity index is 1.39. The van der Waals surface area contributed by atoms with Crippen molar-refractivity contribution in [2.24, 2.45) is 0 Å². The monoisotopic (exact) mass is 578 g/mol. The van der Waals surface area contributed by atoms with Crippen molar-refractivity contribution in [2.75, 3.05) is 6.61 Å². The number of phenolic OH excluding ortho intramolecular Hbond substituents is 2. The Bertz CT molecular complexity index is 1360. The maximum atomic E-state index is 13.4. The molecule has 2 aromatic carbocycles. The second-order valence-electron chi connectivity index (χ2n) is 10.3. The van der Waals surface area contributed by atoms with E-state index in [4.69, 9.17) is 18.9 Å². The van der Waals surface area contributed by atoms with E-state index in [1.165, 1.54) is 19.1 Å². The zero-order valence-electron chi connectivity index (χ0n) is 21.8. The lowest BCUT2D eigenvalue weighted by atomic mass is 9.82. The van der Waals surface area contributed by atoms with Crippen LogP contribution in [-0.2, 0) is 14.2 Å². The summed E-state index contributed by atoms with van der Waals surface area (Å²) in [5, 5.41) is 81.6. The second-order valence-corrected chi connectivity index (χ2v) is 10.3. The number of hydrogen-bond acceptors (Lipinski definition) is 14. The molecule has 10 atom stereocenters. The van der Waals surface area contributed by atoms with Crippen LogP contribution in [0.25, 0.3) is 0 Å². The van der Waals surface area contributed by atoms with Crippen LogP contribution in [-0.4, -0.2) is 120 Å². The van der Waals surface area contributed by atoms with Crippen LogP contribution in [0, 0.1) is 6.92 Å². The molecule has 222 valence electrons. The first kappa shape index (κ1) is 29.3. The Hall–Kier alpha value is -3.18. The lowest BCUT2D eigenvalue weighted by Gasteiger charge is -2.45. The number of carbonyl (C=O) groups excluding carboxylic acids is 2. The highest BCUT2D eigenvalue weighted by Crippen LogP contribution is 2.40. The largest absolute Gasteiger partial charge is 0.508 e. The summed E-state index contributed by atoms with van der Waals surface area (Å²) in [5.74, 6) is -2.61. The molecular weight excluding hydrogens is 548 g/mol. The van der Waals surface area contributed by atoms with Crippen molar-refractivity contribution in [2.45, 2.75) is 75.3 Å². The molecule has 0 unspecified atom stereocenters. The minimum absolute atomic E-state index is 0.0646. The Morgan fingerprint density at radius 1 is 0.780 bits per heavy atom. The van der Waals surface area contributed by atoms with Crippen LogP contribution < -0.4 is 4.74 Å². The van der Waals surface area contributed by atoms with Gasteiger partial charge in [-0.3, -0.25) is 9.59 Å². The average molecular weight is 579 g/mol. The summed E-state index contributed by atoms with van der Waals surface area (Å²) in [5.41, 5.74) is -0.310. The van der Waals surface area contributed by atoms with Gasteiger partial charge < -0.3 is 59.8 Å². The number of aliphatic hydroxyl groups is 6. The third kappa shape index (κ3) is 4.97. The van der Waals surface area contributed by atoms with Crippen LogP contribution in [0.5, 0.6) is 17.2 Å². The van der Waals surface area contributed by atoms with Gasteiger partial charge in [0.25, 0.3) is 0 Å². The molecule has 0 spiro atoms. The molecule has 41 heavy (non-hydrogen) atoms. The zero-order chi connectivity index (χ0) is 29.9. The predicted molar refractivity (Wildman–Crippen MR) is 133 cm³/mol. The van der Waals surface area contributed by atoms with Gasteiger partial charge in [-0.1, -0.05) is 0 Å². The number of hydrogen-bond donors (Lipinski definition) is 8. The maximum absolute atomic E-state index is 13.4. The molecular formula is C27H30O14. The number of ketones is 2. The summed E-state index contributed by atoms with van der Waals surface area (Å²) in [6, 6.07) is 4.84. The van der Waals surface area contributed by atoms with Gasteiger partial charge in [-0.2, -0.15) is 0 Å². The van der Waals surface area contributed by atoms with Gasteiger partial charge in [-0.15, -0.1) is 0 Å². The van der Waals surface area contributed by atoms with Crippen LogP contribution in [0.3, 0.4) is 0 Å². The Morgan fingerprint density at radius 3 is 2.12 bits per heavy atom. The molecule has 14 heteroatoms. The third-order valence-electron chi connectivity index (χ3n) is 7.45. The summed E-state index contributed by atoms with van der Waals surface area (Å²) in [7, 11) is 0. The zero-order valence-corrected chi connectivity index (χ0v) is 21.8. The summed E-state index contributed by atoms with van der Waals surface area (Å²) in [6.45, 7) is 2.37. The van der Waals surface area contributed by atoms with Crippen molar-refractivity contribution in [3.8, 4) is 17.2 Å². The molecule has 0 radical (unpaired) electrons. The van der Waals surface area contributed by atoms with Crippen LogP contribution in [0.1, 0.15) is 44.3 Å². The van der Waals surface area contributed by atoms with E-state index in [0.29, 0.717) is 5.56 Å². The van der Waals surface area contributed by atoms with Gasteiger partial charge in [-0.05, 0) is 37.6 Å². The molecule has 2 heterocycles. The molecule has 14 nitrogen and oxygen atoms in total. The van der Waals surface area contributed by atoms with Gasteiger partial charge in [0, 0.05) is 17.2 Å². The highest BCUT2D eigenvalue weighted by molar-refractivity contribution is 6.30. The third-order valence-corrected chi connectivity index (χ3v) is 7.45. The number of ether oxygens (including phenoxy) is 4. The number of rotatable bonds is 5. The molecule has 1 aliphatic carbocycles. The Kier molecular flexibility index (Phi) is 7.80. The molecule has 5 rings (SSSR count). The van der Waals surface area contributed by atoms with E-state index < -0.39 is 91.1 Å². The second kappa shape index (κ2) is 10.9. The SMILES string of the molecule is Cc1cc(O[C@@H]2O[C@@H](C)[C@H](O[C@@H]3O[C@H](CO)[C@@H](O)[C@H](O)[C@H]3O)[C@@H](O)[C@H]2O)c2c(c1)C(=O)c1cc(O)cc(O)c1C2=O. The lowest BCUT2D eigenvalue weighted by Crippen LogP contribution is -2.64. The van der Waals surface area contributed by atoms with Crippen molar-refractivity contribution < 1.29 is 69.4 Å². The summed E-state index contributed by atoms with van der Waals surface area (Å²) < 4.78 is 22.5. The number of benzene rings is 2. The van der Waals surface area contributed by atoms with Gasteiger partial charge in [0.1, 0.15) is 60.0 Å². The highest BCUT2D eigenvalue weighted by Gasteiger charge is 2.50. The standard InChI is InChI=1S/C27H30O14/c1-8-3-11-17(20(33)16-12(18(11)31)5-10(29)6-13(16)30)14(4-8)39-26-24(37)22(35)25(9(2)38-26)41-27-23(36)21(34)19(32)15(7-28)40-27/h3-6,9,15,19,21-30,32,34-37H,7H2,1-2H3/t9-,15+,19+,21-,22-,23+,24+,25-,26-,27-/m0/s1. The van der Waals surface area contributed by atoms with Crippen LogP contribution >= 0.6 is 0 Å². The van der Waals surface area contributed by atoms with Gasteiger partial charge in [-0.25, -0.2) is 0 Å². The van der Waals surface area contributed by atoms with Crippen LogP contribution in [0.2, 0.25) is 0 Å². The molecule has 0 amide bonds. The minimum atomic E-state index is -1.80. The molecule has 2 fully saturated rings. The van der Waals surface area contributed by atoms with E-state index in [0.717, 1.165) is 12.1 Å². The molecule has 0 saturated carbocycles. The van der Waals surface area contributed by atoms with Crippen molar-refractivity contribution in [3.63, 3.8) is 0 Å². The fraction of sp³-hybridized carbons (Fsp3) is 0.481. The summed E-state index contributed by atoms with van der Waals surface area (Å²) in [4.78, 5) is 26.7. The lowest BCUT2D eigenvalue weighted by molar-refractivity contribution is -0.348. The highest BCUT2D eigenvalue weighted by atomic mass is 16.7. The first-order valence-electron chi connectivity index (χ1n) is 12.8. The molecule has 2 aliphatic heterocycles. The van der Waals surface area contributed by atoms with Gasteiger partial charge >= 0.3 is 0 Å². The van der Waals surface area contributed by atoms with Gasteiger partial charge in [0.05, 0.1) is 23.8 Å². The van der Waals surface area contributed by atoms with Crippen molar-refractivity contribution in [1.82, 2.24) is 0 Å². The van der Waals surface area contributed by atoms with Gasteiger partial charge in [0.2, 0.25) is 12.1 Å². The molecule has 2 aromatic rings. The number of aromatic hydroxyl groups is 2. The molecule has 8 N–H and O–H groups in total. The Morgan fingerprint density at radius 2 is 1.44 bits per heavy atom. The summed E-state index contributed by atoms with van der Waals surface area (Å²) >= 11 is 0. The smallest absolute Gasteiger partial charge is 0.229 e. The quantitative estimate of drug-likeness (QED) is 0.167. The molecule has 0 bridgehead atoms. The number of aryl methyl sites for hydroxylation is 1. The van der Waals surface area contributed by atoms with E-state index in [1.54, 1.807) is 6.92 Å². The fourth-order valence-electron chi connectivity index (χ4n) is 5.31. The van der Waals surface area contributed by atoms with Crippen molar-refractivity contribution in [3.05, 3.63) is 52.1 Å². The number of fused-ring (bicyclic) bond motifs is 2. The summed E-state index contributed by atoms with van der Waals surface area (Å²) in [6.07, 6.45) is -15.5. The minimum Gasteiger partial charge on any atom is -0.508 e.